The molecule has 6 heteroatoms. The van der Waals surface area contributed by atoms with Crippen molar-refractivity contribution in [1.29, 1.82) is 0 Å². The van der Waals surface area contributed by atoms with Crippen LogP contribution in [0.4, 0.5) is 0 Å². The van der Waals surface area contributed by atoms with Crippen molar-refractivity contribution >= 4 is 24.4 Å². The van der Waals surface area contributed by atoms with Crippen molar-refractivity contribution in [1.82, 2.24) is 16.0 Å². The summed E-state index contributed by atoms with van der Waals surface area (Å²) in [6, 6.07) is -0.340. The fourth-order valence-electron chi connectivity index (χ4n) is 1.04. The molecule has 0 saturated heterocycles. The molecule has 0 rings (SSSR count). The van der Waals surface area contributed by atoms with Gasteiger partial charge in [0.05, 0.1) is 12.6 Å². The molecule has 15 heavy (non-hydrogen) atoms. The SMILES string of the molecule is CCNC(=O)CNC(=O)[C@H](CS)NCC. The zero-order valence-corrected chi connectivity index (χ0v) is 10.1. The van der Waals surface area contributed by atoms with E-state index in [1.807, 2.05) is 13.8 Å². The number of hydrogen-bond acceptors (Lipinski definition) is 4. The van der Waals surface area contributed by atoms with Crippen LogP contribution in [0.5, 0.6) is 0 Å². The van der Waals surface area contributed by atoms with Gasteiger partial charge in [-0.15, -0.1) is 0 Å². The smallest absolute Gasteiger partial charge is 0.239 e. The van der Waals surface area contributed by atoms with Crippen LogP contribution in [0.2, 0.25) is 0 Å². The number of carbonyl (C=O) groups excluding carboxylic acids is 2. The highest BCUT2D eigenvalue weighted by atomic mass is 32.1. The van der Waals surface area contributed by atoms with E-state index in [9.17, 15) is 9.59 Å². The summed E-state index contributed by atoms with van der Waals surface area (Å²) in [6.07, 6.45) is 0. The first kappa shape index (κ1) is 14.2. The highest BCUT2D eigenvalue weighted by Crippen LogP contribution is 1.87. The predicted molar refractivity (Wildman–Crippen MR) is 63.0 cm³/mol. The van der Waals surface area contributed by atoms with Crippen LogP contribution in [0.3, 0.4) is 0 Å². The molecule has 0 aromatic rings. The van der Waals surface area contributed by atoms with Crippen molar-refractivity contribution in [3.63, 3.8) is 0 Å². The van der Waals surface area contributed by atoms with Gasteiger partial charge in [-0.05, 0) is 13.5 Å². The van der Waals surface area contributed by atoms with Crippen LogP contribution in [0, 0.1) is 0 Å². The molecule has 0 radical (unpaired) electrons. The third-order valence-corrected chi connectivity index (χ3v) is 2.11. The molecule has 5 nitrogen and oxygen atoms in total. The van der Waals surface area contributed by atoms with Crippen molar-refractivity contribution in [2.75, 3.05) is 25.4 Å². The summed E-state index contributed by atoms with van der Waals surface area (Å²) in [5, 5.41) is 8.11. The van der Waals surface area contributed by atoms with E-state index in [0.29, 0.717) is 18.8 Å². The topological polar surface area (TPSA) is 70.2 Å². The minimum Gasteiger partial charge on any atom is -0.355 e. The monoisotopic (exact) mass is 233 g/mol. The van der Waals surface area contributed by atoms with Gasteiger partial charge >= 0.3 is 0 Å². The molecular formula is C9H19N3O2S. The second-order valence-corrected chi connectivity index (χ2v) is 3.33. The molecule has 0 spiro atoms. The summed E-state index contributed by atoms with van der Waals surface area (Å²) < 4.78 is 0. The third-order valence-electron chi connectivity index (χ3n) is 1.75. The standard InChI is InChI=1S/C9H19N3O2S/c1-3-10-7(6-15)9(14)12-5-8(13)11-4-2/h7,10,15H,3-6H2,1-2H3,(H,11,13)(H,12,14)/t7-/m0/s1. The Balaban J connectivity index is 3.84. The van der Waals surface area contributed by atoms with Crippen molar-refractivity contribution < 1.29 is 9.59 Å². The van der Waals surface area contributed by atoms with E-state index < -0.39 is 0 Å². The van der Waals surface area contributed by atoms with Crippen molar-refractivity contribution in [2.45, 2.75) is 19.9 Å². The molecule has 0 aromatic heterocycles. The Morgan fingerprint density at radius 2 is 1.87 bits per heavy atom. The van der Waals surface area contributed by atoms with E-state index in [1.54, 1.807) is 0 Å². The van der Waals surface area contributed by atoms with Gasteiger partial charge in [-0.1, -0.05) is 6.92 Å². The van der Waals surface area contributed by atoms with E-state index in [0.717, 1.165) is 0 Å². The number of carbonyl (C=O) groups is 2. The lowest BCUT2D eigenvalue weighted by molar-refractivity contribution is -0.126. The van der Waals surface area contributed by atoms with Crippen LogP contribution in [0.1, 0.15) is 13.8 Å². The summed E-state index contributed by atoms with van der Waals surface area (Å²) >= 11 is 4.05. The molecule has 0 aliphatic heterocycles. The van der Waals surface area contributed by atoms with E-state index in [-0.39, 0.29) is 24.4 Å². The molecule has 3 N–H and O–H groups in total. The Kier molecular flexibility index (Phi) is 8.12. The van der Waals surface area contributed by atoms with Gasteiger partial charge in [0, 0.05) is 12.3 Å². The summed E-state index contributed by atoms with van der Waals surface area (Å²) in [7, 11) is 0. The molecule has 1 atom stereocenters. The molecule has 0 saturated carbocycles. The molecule has 0 unspecified atom stereocenters. The van der Waals surface area contributed by atoms with Crippen molar-refractivity contribution in [3.05, 3.63) is 0 Å². The number of amides is 2. The van der Waals surface area contributed by atoms with Crippen LogP contribution in [0.15, 0.2) is 0 Å². The minimum absolute atomic E-state index is 0.0162. The first-order valence-corrected chi connectivity index (χ1v) is 5.67. The predicted octanol–water partition coefficient (Wildman–Crippen LogP) is -0.853. The Labute approximate surface area is 95.8 Å². The highest BCUT2D eigenvalue weighted by molar-refractivity contribution is 7.80. The molecule has 2 amide bonds. The Hall–Kier alpha value is -0.750. The lowest BCUT2D eigenvalue weighted by Gasteiger charge is -2.14. The second-order valence-electron chi connectivity index (χ2n) is 2.96. The third kappa shape index (κ3) is 6.35. The summed E-state index contributed by atoms with van der Waals surface area (Å²) in [5.41, 5.74) is 0. The first-order valence-electron chi connectivity index (χ1n) is 5.04. The van der Waals surface area contributed by atoms with Gasteiger partial charge in [0.2, 0.25) is 11.8 Å². The van der Waals surface area contributed by atoms with Crippen molar-refractivity contribution in [2.24, 2.45) is 0 Å². The van der Waals surface area contributed by atoms with E-state index >= 15 is 0 Å². The summed E-state index contributed by atoms with van der Waals surface area (Å²) in [5.74, 6) is 0.0353. The van der Waals surface area contributed by atoms with Crippen LogP contribution in [-0.4, -0.2) is 43.2 Å². The average molecular weight is 233 g/mol. The average Bonchev–Trinajstić information content (AvgIpc) is 2.23. The lowest BCUT2D eigenvalue weighted by Crippen LogP contribution is -2.48. The Bertz CT molecular complexity index is 212. The van der Waals surface area contributed by atoms with Crippen LogP contribution in [0.25, 0.3) is 0 Å². The molecular weight excluding hydrogens is 214 g/mol. The quantitative estimate of drug-likeness (QED) is 0.433. The highest BCUT2D eigenvalue weighted by Gasteiger charge is 2.15. The minimum atomic E-state index is -0.340. The van der Waals surface area contributed by atoms with Gasteiger partial charge in [-0.2, -0.15) is 12.6 Å². The molecule has 0 bridgehead atoms. The largest absolute Gasteiger partial charge is 0.355 e. The molecule has 0 aromatic carbocycles. The Morgan fingerprint density at radius 1 is 1.20 bits per heavy atom. The first-order chi connectivity index (χ1) is 7.15. The van der Waals surface area contributed by atoms with E-state index in [1.165, 1.54) is 0 Å². The zero-order chi connectivity index (χ0) is 11.7. The van der Waals surface area contributed by atoms with Gasteiger partial charge < -0.3 is 16.0 Å². The Morgan fingerprint density at radius 3 is 2.33 bits per heavy atom. The molecule has 0 fully saturated rings. The summed E-state index contributed by atoms with van der Waals surface area (Å²) in [4.78, 5) is 22.5. The number of likely N-dealkylation sites (N-methyl/N-ethyl adjacent to an activating group) is 2. The van der Waals surface area contributed by atoms with Gasteiger partial charge in [0.15, 0.2) is 0 Å². The molecule has 0 aliphatic carbocycles. The zero-order valence-electron chi connectivity index (χ0n) is 9.17. The fraction of sp³-hybridized carbons (Fsp3) is 0.778. The summed E-state index contributed by atoms with van der Waals surface area (Å²) in [6.45, 7) is 5.02. The van der Waals surface area contributed by atoms with Crippen LogP contribution < -0.4 is 16.0 Å². The fourth-order valence-corrected chi connectivity index (χ4v) is 1.33. The van der Waals surface area contributed by atoms with Crippen LogP contribution in [-0.2, 0) is 9.59 Å². The maximum atomic E-state index is 11.5. The van der Waals surface area contributed by atoms with Gasteiger partial charge in [0.1, 0.15) is 0 Å². The maximum absolute atomic E-state index is 11.5. The van der Waals surface area contributed by atoms with E-state index in [2.05, 4.69) is 28.6 Å². The number of nitrogens with one attached hydrogen (secondary N) is 3. The number of rotatable bonds is 7. The normalized spacial score (nSPS) is 11.9. The second kappa shape index (κ2) is 8.55. The van der Waals surface area contributed by atoms with Crippen LogP contribution >= 0.6 is 12.6 Å². The number of hydrogen-bond donors (Lipinski definition) is 4. The maximum Gasteiger partial charge on any atom is 0.239 e. The molecule has 0 heterocycles. The lowest BCUT2D eigenvalue weighted by atomic mass is 10.3. The molecule has 88 valence electrons. The van der Waals surface area contributed by atoms with Gasteiger partial charge in [-0.3, -0.25) is 9.59 Å². The number of thiol groups is 1. The molecule has 0 aliphatic rings. The van der Waals surface area contributed by atoms with Crippen molar-refractivity contribution in [3.8, 4) is 0 Å². The van der Waals surface area contributed by atoms with E-state index in [4.69, 9.17) is 0 Å². The van der Waals surface area contributed by atoms with Gasteiger partial charge in [-0.25, -0.2) is 0 Å². The van der Waals surface area contributed by atoms with Gasteiger partial charge in [0.25, 0.3) is 0 Å².